The second-order valence-electron chi connectivity index (χ2n) is 7.91. The molecule has 0 amide bonds. The van der Waals surface area contributed by atoms with E-state index in [9.17, 15) is 9.59 Å². The molecule has 2 N–H and O–H groups in total. The highest BCUT2D eigenvalue weighted by molar-refractivity contribution is 5.75. The van der Waals surface area contributed by atoms with Crippen LogP contribution in [0, 0.1) is 10.8 Å². The van der Waals surface area contributed by atoms with Crippen LogP contribution in [0.2, 0.25) is 0 Å². The number of nitrogens with zero attached hydrogens (tertiary/aromatic N) is 1. The summed E-state index contributed by atoms with van der Waals surface area (Å²) >= 11 is 0. The number of ether oxygens (including phenoxy) is 1. The minimum Gasteiger partial charge on any atom is -0.380 e. The molecule has 0 aromatic carbocycles. The Labute approximate surface area is 153 Å². The van der Waals surface area contributed by atoms with E-state index in [2.05, 4.69) is 24.8 Å². The van der Waals surface area contributed by atoms with Gasteiger partial charge in [0.1, 0.15) is 12.1 Å². The Hall–Kier alpha value is -1.40. The number of Topliss-reactive ketones (excluding diaryl/α,β-unsaturated/α-hetero) is 1. The number of hydrogen-bond acceptors (Lipinski definition) is 6. The maximum atomic E-state index is 11.0. The number of hydrogen-bond donors (Lipinski definition) is 2. The molecule has 1 heterocycles. The Morgan fingerprint density at radius 1 is 1.20 bits per heavy atom. The third kappa shape index (κ3) is 10.9. The van der Waals surface area contributed by atoms with Gasteiger partial charge in [0.05, 0.1) is 13.2 Å². The van der Waals surface area contributed by atoms with Crippen molar-refractivity contribution in [1.82, 2.24) is 16.0 Å². The molecule has 0 aliphatic carbocycles. The predicted octanol–water partition coefficient (Wildman–Crippen LogP) is 3.21. The second kappa shape index (κ2) is 11.3. The molecule has 0 radical (unpaired) electrons. The average Bonchev–Trinajstić information content (AvgIpc) is 2.93. The Morgan fingerprint density at radius 2 is 1.80 bits per heavy atom. The molecule has 1 rings (SSSR count). The van der Waals surface area contributed by atoms with Gasteiger partial charge in [0.25, 0.3) is 0 Å². The highest BCUT2D eigenvalue weighted by atomic mass is 16.5. The lowest BCUT2D eigenvalue weighted by atomic mass is 9.90. The van der Waals surface area contributed by atoms with Crippen LogP contribution < -0.4 is 11.0 Å². The van der Waals surface area contributed by atoms with Gasteiger partial charge in [-0.05, 0) is 18.8 Å². The van der Waals surface area contributed by atoms with E-state index in [1.807, 2.05) is 38.9 Å². The molecule has 0 unspecified atom stereocenters. The molecule has 1 aliphatic heterocycles. The zero-order valence-corrected chi connectivity index (χ0v) is 17.1. The fourth-order valence-corrected chi connectivity index (χ4v) is 2.31. The molecule has 0 aromatic heterocycles. The van der Waals surface area contributed by atoms with Gasteiger partial charge in [0.2, 0.25) is 0 Å². The topological polar surface area (TPSA) is 70.7 Å². The van der Waals surface area contributed by atoms with Crippen LogP contribution in [0.15, 0.2) is 11.9 Å². The van der Waals surface area contributed by atoms with E-state index in [1.54, 1.807) is 6.92 Å². The first-order valence-electron chi connectivity index (χ1n) is 9.13. The van der Waals surface area contributed by atoms with Gasteiger partial charge in [-0.25, -0.2) is 0 Å². The molecule has 0 atom stereocenters. The summed E-state index contributed by atoms with van der Waals surface area (Å²) in [5, 5.41) is 1.98. The van der Waals surface area contributed by atoms with Crippen LogP contribution in [0.1, 0.15) is 67.7 Å². The van der Waals surface area contributed by atoms with Gasteiger partial charge in [-0.15, -0.1) is 5.53 Å². The number of allylic oxidation sites excluding steroid dienone is 1. The largest absolute Gasteiger partial charge is 0.380 e. The fraction of sp³-hybridized carbons (Fsp3) is 0.789. The van der Waals surface area contributed by atoms with Crippen molar-refractivity contribution in [3.05, 3.63) is 11.9 Å². The Bertz CT molecular complexity index is 445. The van der Waals surface area contributed by atoms with Crippen molar-refractivity contribution in [2.45, 2.75) is 67.7 Å². The third-order valence-electron chi connectivity index (χ3n) is 3.64. The van der Waals surface area contributed by atoms with Crippen molar-refractivity contribution in [2.75, 3.05) is 19.8 Å². The average molecular weight is 356 g/mol. The molecule has 0 saturated carbocycles. The van der Waals surface area contributed by atoms with Crippen LogP contribution >= 0.6 is 0 Å². The molecule has 0 aromatic rings. The van der Waals surface area contributed by atoms with Crippen LogP contribution in [0.3, 0.4) is 0 Å². The molecule has 0 spiro atoms. The maximum absolute atomic E-state index is 11.0. The number of ketones is 1. The summed E-state index contributed by atoms with van der Waals surface area (Å²) in [6.45, 7) is 15.9. The molecule has 25 heavy (non-hydrogen) atoms. The maximum Gasteiger partial charge on any atom is 0.130 e. The Morgan fingerprint density at radius 3 is 2.36 bits per heavy atom. The highest BCUT2D eigenvalue weighted by Gasteiger charge is 2.25. The van der Waals surface area contributed by atoms with Crippen molar-refractivity contribution in [2.24, 2.45) is 10.8 Å². The second-order valence-corrected chi connectivity index (χ2v) is 7.91. The van der Waals surface area contributed by atoms with Crippen LogP contribution in [0.4, 0.5) is 0 Å². The Kier molecular flexibility index (Phi) is 10.6. The molecule has 6 heteroatoms. The highest BCUT2D eigenvalue weighted by Crippen LogP contribution is 2.23. The predicted molar refractivity (Wildman–Crippen MR) is 101 cm³/mol. The first-order chi connectivity index (χ1) is 11.6. The van der Waals surface area contributed by atoms with E-state index < -0.39 is 0 Å². The van der Waals surface area contributed by atoms with E-state index in [0.29, 0.717) is 26.1 Å². The van der Waals surface area contributed by atoms with Gasteiger partial charge in [-0.3, -0.25) is 5.01 Å². The molecular formula is C19H37N3O3. The molecule has 0 bridgehead atoms. The molecule has 6 nitrogen and oxygen atoms in total. The smallest absolute Gasteiger partial charge is 0.130 e. The molecule has 0 saturated heterocycles. The first-order valence-corrected chi connectivity index (χ1v) is 9.13. The van der Waals surface area contributed by atoms with Crippen molar-refractivity contribution >= 4 is 12.1 Å². The molecule has 146 valence electrons. The van der Waals surface area contributed by atoms with E-state index in [0.717, 1.165) is 24.9 Å². The number of carbonyl (C=O) groups is 2. The van der Waals surface area contributed by atoms with Crippen LogP contribution in [-0.2, 0) is 14.3 Å². The van der Waals surface area contributed by atoms with Crippen molar-refractivity contribution in [1.29, 1.82) is 0 Å². The van der Waals surface area contributed by atoms with Crippen molar-refractivity contribution in [3.8, 4) is 0 Å². The van der Waals surface area contributed by atoms with Gasteiger partial charge in [-0.1, -0.05) is 41.5 Å². The van der Waals surface area contributed by atoms with Crippen LogP contribution in [0.25, 0.3) is 0 Å². The lowest BCUT2D eigenvalue weighted by Crippen LogP contribution is -2.43. The summed E-state index contributed by atoms with van der Waals surface area (Å²) < 4.78 is 5.83. The van der Waals surface area contributed by atoms with E-state index in [-0.39, 0.29) is 16.6 Å². The molecule has 1 aliphatic rings. The summed E-state index contributed by atoms with van der Waals surface area (Å²) in [5.74, 6) is 0.192. The van der Waals surface area contributed by atoms with E-state index in [1.165, 1.54) is 0 Å². The lowest BCUT2D eigenvalue weighted by molar-refractivity contribution is -0.117. The number of rotatable bonds is 11. The van der Waals surface area contributed by atoms with E-state index >= 15 is 0 Å². The van der Waals surface area contributed by atoms with Crippen molar-refractivity contribution < 1.29 is 14.3 Å². The monoisotopic (exact) mass is 355 g/mol. The minimum absolute atomic E-state index is 0.0432. The van der Waals surface area contributed by atoms with Gasteiger partial charge < -0.3 is 19.8 Å². The summed E-state index contributed by atoms with van der Waals surface area (Å²) in [5.41, 5.74) is 7.03. The summed E-state index contributed by atoms with van der Waals surface area (Å²) in [6, 6.07) is 0. The standard InChI is InChI=1S/C17H31N3O3.C2H6/c1-14(22)6-7-15-10-20(19-18-15)11-17(4,5)13-23-12-16(2,3)8-9-21;1-2/h9-10,18-19H,6-8,11-13H2,1-5H3;1-2H3. The van der Waals surface area contributed by atoms with Gasteiger partial charge in [0.15, 0.2) is 0 Å². The minimum atomic E-state index is -0.120. The van der Waals surface area contributed by atoms with Gasteiger partial charge in [0, 0.05) is 36.7 Å². The number of carbonyl (C=O) groups excluding carboxylic acids is 2. The zero-order chi connectivity index (χ0) is 19.5. The van der Waals surface area contributed by atoms with Gasteiger partial charge in [-0.2, -0.15) is 0 Å². The van der Waals surface area contributed by atoms with Crippen LogP contribution in [0.5, 0.6) is 0 Å². The summed E-state index contributed by atoms with van der Waals surface area (Å²) in [4.78, 5) is 21.7. The third-order valence-corrected chi connectivity index (χ3v) is 3.64. The fourth-order valence-electron chi connectivity index (χ4n) is 2.31. The first kappa shape index (κ1) is 23.6. The zero-order valence-electron chi connectivity index (χ0n) is 17.1. The quantitative estimate of drug-likeness (QED) is 0.555. The number of aldehydes is 1. The Balaban J connectivity index is 0.00000277. The normalized spacial score (nSPS) is 14.4. The number of hydrazine groups is 2. The van der Waals surface area contributed by atoms with Crippen LogP contribution in [-0.4, -0.2) is 36.8 Å². The summed E-state index contributed by atoms with van der Waals surface area (Å²) in [6.07, 6.45) is 4.72. The number of nitrogens with one attached hydrogen (secondary N) is 2. The summed E-state index contributed by atoms with van der Waals surface area (Å²) in [7, 11) is 0. The van der Waals surface area contributed by atoms with Crippen molar-refractivity contribution in [3.63, 3.8) is 0 Å². The molecular weight excluding hydrogens is 318 g/mol. The van der Waals surface area contributed by atoms with Gasteiger partial charge >= 0.3 is 0 Å². The SMILES string of the molecule is CC.CC(=O)CCC1=CN(CC(C)(C)COCC(C)(C)CC=O)NN1. The molecule has 0 fully saturated rings. The lowest BCUT2D eigenvalue weighted by Gasteiger charge is -2.31. The van der Waals surface area contributed by atoms with E-state index in [4.69, 9.17) is 4.74 Å².